The van der Waals surface area contributed by atoms with Crippen LogP contribution in [0.15, 0.2) is 48.7 Å². The van der Waals surface area contributed by atoms with Crippen molar-refractivity contribution in [3.63, 3.8) is 0 Å². The summed E-state index contributed by atoms with van der Waals surface area (Å²) in [6, 6.07) is 8.73. The van der Waals surface area contributed by atoms with Gasteiger partial charge in [0.1, 0.15) is 24.1 Å². The number of nitrogens with zero attached hydrogens (tertiary/aromatic N) is 2. The molecular weight excluding hydrogens is 518 g/mol. The van der Waals surface area contributed by atoms with Gasteiger partial charge in [-0.3, -0.25) is 15.0 Å². The van der Waals surface area contributed by atoms with Gasteiger partial charge in [0.05, 0.1) is 5.60 Å². The monoisotopic (exact) mass is 548 g/mol. The number of aliphatic hydroxyl groups is 1. The van der Waals surface area contributed by atoms with Crippen LogP contribution in [-0.2, 0) is 16.1 Å². The Morgan fingerprint density at radius 3 is 2.50 bits per heavy atom. The van der Waals surface area contributed by atoms with Gasteiger partial charge in [0, 0.05) is 41.7 Å². The van der Waals surface area contributed by atoms with E-state index in [1.54, 1.807) is 26.8 Å². The Balaban J connectivity index is 1.80. The van der Waals surface area contributed by atoms with Gasteiger partial charge in [0.15, 0.2) is 0 Å². The van der Waals surface area contributed by atoms with Crippen LogP contribution < -0.4 is 11.1 Å². The number of benzene rings is 2. The fraction of sp³-hybridized carbons (Fsp3) is 0.370. The maximum absolute atomic E-state index is 13.6. The van der Waals surface area contributed by atoms with Crippen molar-refractivity contribution >= 4 is 40.2 Å². The van der Waals surface area contributed by atoms with E-state index < -0.39 is 41.3 Å². The number of carbonyl (C=O) groups excluding carboxylic acids is 2. The third-order valence-corrected chi connectivity index (χ3v) is 6.31. The lowest BCUT2D eigenvalue weighted by atomic mass is 9.96. The Hall–Kier alpha value is -3.34. The average molecular weight is 549 g/mol. The third kappa shape index (κ3) is 8.61. The highest BCUT2D eigenvalue weighted by atomic mass is 35.5. The number of hydrogen-bond acceptors (Lipinski definition) is 6. The number of halogens is 3. The summed E-state index contributed by atoms with van der Waals surface area (Å²) in [6.45, 7) is 5.01. The van der Waals surface area contributed by atoms with Gasteiger partial charge in [0.2, 0.25) is 5.91 Å². The van der Waals surface area contributed by atoms with E-state index in [0.717, 1.165) is 0 Å². The Labute approximate surface area is 224 Å². The van der Waals surface area contributed by atoms with E-state index in [1.165, 1.54) is 42.6 Å². The summed E-state index contributed by atoms with van der Waals surface area (Å²) in [7, 11) is 0. The lowest BCUT2D eigenvalue weighted by Gasteiger charge is -2.38. The number of pyridine rings is 1. The van der Waals surface area contributed by atoms with Gasteiger partial charge in [-0.05, 0) is 74.5 Å². The van der Waals surface area contributed by atoms with Gasteiger partial charge in [0.25, 0.3) is 0 Å². The first kappa shape index (κ1) is 29.2. The minimum absolute atomic E-state index is 0.00899. The molecule has 0 aliphatic carbocycles. The van der Waals surface area contributed by atoms with E-state index >= 15 is 0 Å². The summed E-state index contributed by atoms with van der Waals surface area (Å²) in [5, 5.41) is 14.6. The standard InChI is InChI=1S/C27H31ClF2N4O4/c1-16(8-24(31)35)34(14-18-5-7-21(30)11-23(18)28)22(12-27(2,3)37)15-38-26(36)33-25-10-19-9-20(29)6-4-17(19)13-32-25/h4-7,9-11,13,16,22,37H,8,12,14-15H2,1-3H3,(H2,31,35)(H,32,33,36)/t16?,22-/m0/s1. The number of rotatable bonds is 11. The number of nitrogens with two attached hydrogens (primary N) is 1. The molecule has 11 heteroatoms. The summed E-state index contributed by atoms with van der Waals surface area (Å²) >= 11 is 6.26. The predicted molar refractivity (Wildman–Crippen MR) is 142 cm³/mol. The van der Waals surface area contributed by atoms with Crippen LogP contribution in [0.5, 0.6) is 0 Å². The first-order valence-corrected chi connectivity index (χ1v) is 12.4. The minimum atomic E-state index is -1.16. The Morgan fingerprint density at radius 1 is 1.16 bits per heavy atom. The van der Waals surface area contributed by atoms with Crippen molar-refractivity contribution in [2.45, 2.75) is 57.8 Å². The van der Waals surface area contributed by atoms with Crippen LogP contribution in [0.1, 0.15) is 39.2 Å². The summed E-state index contributed by atoms with van der Waals surface area (Å²) in [5.74, 6) is -1.27. The number of fused-ring (bicyclic) bond motifs is 1. The van der Waals surface area contributed by atoms with Crippen molar-refractivity contribution < 1.29 is 28.2 Å². The molecule has 2 aromatic carbocycles. The van der Waals surface area contributed by atoms with Gasteiger partial charge in [-0.25, -0.2) is 18.6 Å². The lowest BCUT2D eigenvalue weighted by molar-refractivity contribution is -0.119. The fourth-order valence-corrected chi connectivity index (χ4v) is 4.47. The first-order chi connectivity index (χ1) is 17.8. The highest BCUT2D eigenvalue weighted by molar-refractivity contribution is 6.31. The first-order valence-electron chi connectivity index (χ1n) is 12.0. The molecule has 0 aliphatic heterocycles. The van der Waals surface area contributed by atoms with Crippen LogP contribution in [0.4, 0.5) is 19.4 Å². The van der Waals surface area contributed by atoms with Gasteiger partial charge in [-0.1, -0.05) is 17.7 Å². The van der Waals surface area contributed by atoms with Crippen molar-refractivity contribution in [1.29, 1.82) is 0 Å². The lowest BCUT2D eigenvalue weighted by Crippen LogP contribution is -2.48. The second-order valence-corrected chi connectivity index (χ2v) is 10.3. The van der Waals surface area contributed by atoms with Crippen LogP contribution >= 0.6 is 11.6 Å². The molecule has 204 valence electrons. The Bertz CT molecular complexity index is 1300. The minimum Gasteiger partial charge on any atom is -0.448 e. The summed E-state index contributed by atoms with van der Waals surface area (Å²) < 4.78 is 32.7. The topological polar surface area (TPSA) is 118 Å². The second-order valence-electron chi connectivity index (χ2n) is 9.88. The smallest absolute Gasteiger partial charge is 0.412 e. The van der Waals surface area contributed by atoms with Crippen molar-refractivity contribution in [3.05, 3.63) is 70.9 Å². The number of ether oxygens (including phenoxy) is 1. The predicted octanol–water partition coefficient (Wildman–Crippen LogP) is 5.01. The number of aromatic nitrogens is 1. The van der Waals surface area contributed by atoms with Crippen molar-refractivity contribution in [1.82, 2.24) is 9.88 Å². The molecule has 38 heavy (non-hydrogen) atoms. The number of carbonyl (C=O) groups is 2. The maximum Gasteiger partial charge on any atom is 0.412 e. The molecule has 0 fully saturated rings. The quantitative estimate of drug-likeness (QED) is 0.310. The average Bonchev–Trinajstić information content (AvgIpc) is 2.80. The zero-order valence-corrected chi connectivity index (χ0v) is 22.1. The molecule has 2 amide bonds. The van der Waals surface area contributed by atoms with Gasteiger partial charge in [-0.15, -0.1) is 0 Å². The molecule has 1 unspecified atom stereocenters. The molecule has 1 aromatic heterocycles. The summed E-state index contributed by atoms with van der Waals surface area (Å²) in [6.07, 6.45) is 0.846. The molecule has 1 heterocycles. The largest absolute Gasteiger partial charge is 0.448 e. The zero-order valence-electron chi connectivity index (χ0n) is 21.4. The SMILES string of the molecule is CC(CC(N)=O)N(Cc1ccc(F)cc1Cl)[C@H](COC(=O)Nc1cc2cc(F)ccc2cn1)CC(C)(C)O. The van der Waals surface area contributed by atoms with E-state index in [1.807, 2.05) is 4.90 Å². The van der Waals surface area contributed by atoms with Crippen LogP contribution in [0.2, 0.25) is 5.02 Å². The number of anilines is 1. The molecule has 0 bridgehead atoms. The Morgan fingerprint density at radius 2 is 1.84 bits per heavy atom. The highest BCUT2D eigenvalue weighted by Crippen LogP contribution is 2.26. The van der Waals surface area contributed by atoms with Crippen molar-refractivity contribution in [2.75, 3.05) is 11.9 Å². The number of amides is 2. The molecule has 0 spiro atoms. The number of nitrogens with one attached hydrogen (secondary N) is 1. The van der Waals surface area contributed by atoms with Gasteiger partial charge in [-0.2, -0.15) is 0 Å². The molecule has 0 saturated heterocycles. The third-order valence-electron chi connectivity index (χ3n) is 5.96. The number of primary amides is 1. The van der Waals surface area contributed by atoms with Crippen molar-refractivity contribution in [3.8, 4) is 0 Å². The molecule has 8 nitrogen and oxygen atoms in total. The molecule has 2 atom stereocenters. The van der Waals surface area contributed by atoms with Gasteiger partial charge >= 0.3 is 6.09 Å². The molecule has 0 aliphatic rings. The van der Waals surface area contributed by atoms with Gasteiger partial charge < -0.3 is 15.6 Å². The fourth-order valence-electron chi connectivity index (χ4n) is 4.24. The van der Waals surface area contributed by atoms with E-state index in [4.69, 9.17) is 22.1 Å². The van der Waals surface area contributed by atoms with E-state index in [-0.39, 0.29) is 36.8 Å². The molecule has 0 radical (unpaired) electrons. The van der Waals surface area contributed by atoms with E-state index in [2.05, 4.69) is 10.3 Å². The molecule has 0 saturated carbocycles. The molecular formula is C27H31ClF2N4O4. The summed E-state index contributed by atoms with van der Waals surface area (Å²) in [5.41, 5.74) is 4.87. The molecule has 4 N–H and O–H groups in total. The second kappa shape index (κ2) is 12.5. The van der Waals surface area contributed by atoms with E-state index in [0.29, 0.717) is 16.3 Å². The Kier molecular flexibility index (Phi) is 9.59. The maximum atomic E-state index is 13.6. The van der Waals surface area contributed by atoms with Crippen molar-refractivity contribution in [2.24, 2.45) is 5.73 Å². The van der Waals surface area contributed by atoms with Crippen LogP contribution in [0.3, 0.4) is 0 Å². The van der Waals surface area contributed by atoms with Crippen LogP contribution in [-0.4, -0.2) is 51.3 Å². The molecule has 3 aromatic rings. The highest BCUT2D eigenvalue weighted by Gasteiger charge is 2.31. The zero-order chi connectivity index (χ0) is 28.0. The van der Waals surface area contributed by atoms with Crippen LogP contribution in [0, 0.1) is 11.6 Å². The van der Waals surface area contributed by atoms with E-state index in [9.17, 15) is 23.5 Å². The number of hydrogen-bond donors (Lipinski definition) is 3. The normalized spacial score (nSPS) is 13.4. The van der Waals surface area contributed by atoms with Crippen LogP contribution in [0.25, 0.3) is 10.8 Å². The summed E-state index contributed by atoms with van der Waals surface area (Å²) in [4.78, 5) is 30.3. The molecule has 3 rings (SSSR count).